The summed E-state index contributed by atoms with van der Waals surface area (Å²) in [6, 6.07) is 23.0. The van der Waals surface area contributed by atoms with Gasteiger partial charge in [-0.1, -0.05) is 48.5 Å². The summed E-state index contributed by atoms with van der Waals surface area (Å²) in [6.45, 7) is 0. The van der Waals surface area contributed by atoms with E-state index in [0.29, 0.717) is 0 Å². The SMILES string of the molecule is N#Cc1ccccc1NC(=O)[C@@H](OC(=O)c1ccccc1)[C@H](OC(=O)c1ccccc1)C(=O)O. The highest BCUT2D eigenvalue weighted by molar-refractivity contribution is 6.02. The monoisotopic (exact) mass is 458 g/mol. The Morgan fingerprint density at radius 2 is 1.21 bits per heavy atom. The van der Waals surface area contributed by atoms with Crippen molar-refractivity contribution in [3.63, 3.8) is 0 Å². The van der Waals surface area contributed by atoms with Crippen LogP contribution in [-0.2, 0) is 19.1 Å². The van der Waals surface area contributed by atoms with Gasteiger partial charge in [-0.25, -0.2) is 14.4 Å². The van der Waals surface area contributed by atoms with Crippen LogP contribution in [0.1, 0.15) is 26.3 Å². The molecule has 9 heteroatoms. The third-order valence-corrected chi connectivity index (χ3v) is 4.57. The van der Waals surface area contributed by atoms with E-state index in [4.69, 9.17) is 9.47 Å². The molecule has 3 aromatic carbocycles. The van der Waals surface area contributed by atoms with E-state index in [-0.39, 0.29) is 22.4 Å². The van der Waals surface area contributed by atoms with Crippen molar-refractivity contribution in [3.05, 3.63) is 102 Å². The number of carboxylic acid groups (broad SMARTS) is 1. The molecule has 0 bridgehead atoms. The second kappa shape index (κ2) is 11.1. The molecule has 2 N–H and O–H groups in total. The quantitative estimate of drug-likeness (QED) is 0.491. The first-order chi connectivity index (χ1) is 16.4. The summed E-state index contributed by atoms with van der Waals surface area (Å²) in [5.74, 6) is -4.84. The van der Waals surface area contributed by atoms with Crippen molar-refractivity contribution in [3.8, 4) is 6.07 Å². The normalized spacial score (nSPS) is 11.9. The number of para-hydroxylation sites is 1. The molecule has 0 fully saturated rings. The number of carbonyl (C=O) groups is 4. The van der Waals surface area contributed by atoms with Crippen LogP contribution < -0.4 is 5.32 Å². The van der Waals surface area contributed by atoms with E-state index in [9.17, 15) is 29.5 Å². The predicted molar refractivity (Wildman–Crippen MR) is 119 cm³/mol. The van der Waals surface area contributed by atoms with Crippen molar-refractivity contribution in [2.24, 2.45) is 0 Å². The Morgan fingerprint density at radius 3 is 1.71 bits per heavy atom. The Morgan fingerprint density at radius 1 is 0.735 bits per heavy atom. The molecule has 0 saturated carbocycles. The van der Waals surface area contributed by atoms with Crippen LogP contribution in [0.25, 0.3) is 0 Å². The number of hydrogen-bond acceptors (Lipinski definition) is 7. The lowest BCUT2D eigenvalue weighted by atomic mass is 10.1. The number of nitrogens with one attached hydrogen (secondary N) is 1. The van der Waals surface area contributed by atoms with Crippen LogP contribution in [-0.4, -0.2) is 41.1 Å². The lowest BCUT2D eigenvalue weighted by molar-refractivity contribution is -0.157. The van der Waals surface area contributed by atoms with Crippen LogP contribution in [0.2, 0.25) is 0 Å². The van der Waals surface area contributed by atoms with Crippen LogP contribution >= 0.6 is 0 Å². The summed E-state index contributed by atoms with van der Waals surface area (Å²) in [5.41, 5.74) is 0.250. The Balaban J connectivity index is 1.93. The van der Waals surface area contributed by atoms with E-state index >= 15 is 0 Å². The number of rotatable bonds is 8. The van der Waals surface area contributed by atoms with Gasteiger partial charge in [-0.15, -0.1) is 0 Å². The largest absolute Gasteiger partial charge is 0.478 e. The zero-order chi connectivity index (χ0) is 24.5. The minimum absolute atomic E-state index is 0.0390. The Labute approximate surface area is 194 Å². The van der Waals surface area contributed by atoms with Gasteiger partial charge in [-0.3, -0.25) is 4.79 Å². The van der Waals surface area contributed by atoms with Crippen molar-refractivity contribution in [1.82, 2.24) is 0 Å². The summed E-state index contributed by atoms with van der Waals surface area (Å²) in [6.07, 6.45) is -4.24. The van der Waals surface area contributed by atoms with Gasteiger partial charge in [-0.2, -0.15) is 5.26 Å². The molecule has 3 rings (SSSR count). The Bertz CT molecular complexity index is 1240. The standard InChI is InChI=1S/C25H18N2O7/c26-15-18-13-7-8-14-19(18)27-22(28)20(33-24(31)16-9-3-1-4-10-16)21(23(29)30)34-25(32)17-11-5-2-6-12-17/h1-14,20-21H,(H,27,28)(H,29,30)/t20-,21-/m0/s1. The van der Waals surface area contributed by atoms with Crippen molar-refractivity contribution < 1.29 is 33.8 Å². The van der Waals surface area contributed by atoms with Gasteiger partial charge < -0.3 is 19.9 Å². The maximum atomic E-state index is 13.1. The highest BCUT2D eigenvalue weighted by atomic mass is 16.6. The van der Waals surface area contributed by atoms with E-state index in [1.165, 1.54) is 36.4 Å². The molecule has 0 spiro atoms. The molecule has 0 aromatic heterocycles. The number of carbonyl (C=O) groups excluding carboxylic acids is 3. The van der Waals surface area contributed by atoms with Gasteiger partial charge in [0.2, 0.25) is 12.2 Å². The number of nitriles is 1. The lowest BCUT2D eigenvalue weighted by Crippen LogP contribution is -2.48. The molecule has 1 amide bonds. The first-order valence-electron chi connectivity index (χ1n) is 9.95. The number of carboxylic acids is 1. The van der Waals surface area contributed by atoms with Gasteiger partial charge in [0.1, 0.15) is 6.07 Å². The molecular formula is C25H18N2O7. The molecule has 2 atom stereocenters. The minimum Gasteiger partial charge on any atom is -0.478 e. The number of nitrogens with zero attached hydrogens (tertiary/aromatic N) is 1. The fraction of sp³-hybridized carbons (Fsp3) is 0.0800. The number of anilines is 1. The van der Waals surface area contributed by atoms with E-state index in [0.717, 1.165) is 0 Å². The molecule has 0 saturated heterocycles. The molecule has 0 radical (unpaired) electrons. The summed E-state index contributed by atoms with van der Waals surface area (Å²) >= 11 is 0. The number of hydrogen-bond donors (Lipinski definition) is 2. The molecule has 34 heavy (non-hydrogen) atoms. The maximum absolute atomic E-state index is 13.1. The Kier molecular flexibility index (Phi) is 7.71. The minimum atomic E-state index is -2.17. The van der Waals surface area contributed by atoms with Crippen molar-refractivity contribution in [1.29, 1.82) is 5.26 Å². The topological polar surface area (TPSA) is 143 Å². The van der Waals surface area contributed by atoms with Gasteiger partial charge in [0.15, 0.2) is 0 Å². The first-order valence-corrected chi connectivity index (χ1v) is 9.95. The van der Waals surface area contributed by atoms with Gasteiger partial charge in [-0.05, 0) is 36.4 Å². The van der Waals surface area contributed by atoms with E-state index in [1.807, 2.05) is 6.07 Å². The lowest BCUT2D eigenvalue weighted by Gasteiger charge is -2.23. The zero-order valence-electron chi connectivity index (χ0n) is 17.6. The number of ether oxygens (including phenoxy) is 2. The Hall–Kier alpha value is -4.97. The van der Waals surface area contributed by atoms with Gasteiger partial charge in [0, 0.05) is 0 Å². The second-order valence-corrected chi connectivity index (χ2v) is 6.87. The van der Waals surface area contributed by atoms with Crippen LogP contribution in [0.3, 0.4) is 0 Å². The van der Waals surface area contributed by atoms with Gasteiger partial charge in [0.05, 0.1) is 22.4 Å². The fourth-order valence-electron chi connectivity index (χ4n) is 2.90. The summed E-state index contributed by atoms with van der Waals surface area (Å²) in [7, 11) is 0. The third kappa shape index (κ3) is 5.83. The highest BCUT2D eigenvalue weighted by Gasteiger charge is 2.41. The van der Waals surface area contributed by atoms with Crippen LogP contribution in [0.4, 0.5) is 5.69 Å². The molecular weight excluding hydrogens is 440 g/mol. The molecule has 0 heterocycles. The smallest absolute Gasteiger partial charge is 0.349 e. The molecule has 0 aliphatic heterocycles. The summed E-state index contributed by atoms with van der Waals surface area (Å²) in [4.78, 5) is 50.2. The average molecular weight is 458 g/mol. The maximum Gasteiger partial charge on any atom is 0.349 e. The van der Waals surface area contributed by atoms with E-state index < -0.39 is 36.0 Å². The van der Waals surface area contributed by atoms with Gasteiger partial charge >= 0.3 is 17.9 Å². The molecule has 3 aromatic rings. The second-order valence-electron chi connectivity index (χ2n) is 6.87. The zero-order valence-corrected chi connectivity index (χ0v) is 17.6. The fourth-order valence-corrected chi connectivity index (χ4v) is 2.90. The van der Waals surface area contributed by atoms with Crippen LogP contribution in [0.15, 0.2) is 84.9 Å². The van der Waals surface area contributed by atoms with E-state index in [1.54, 1.807) is 48.5 Å². The highest BCUT2D eigenvalue weighted by Crippen LogP contribution is 2.18. The molecule has 0 aliphatic rings. The number of aliphatic carboxylic acids is 1. The third-order valence-electron chi connectivity index (χ3n) is 4.57. The molecule has 0 unspecified atom stereocenters. The van der Waals surface area contributed by atoms with Crippen LogP contribution in [0.5, 0.6) is 0 Å². The van der Waals surface area contributed by atoms with E-state index in [2.05, 4.69) is 5.32 Å². The number of amides is 1. The molecule has 9 nitrogen and oxygen atoms in total. The summed E-state index contributed by atoms with van der Waals surface area (Å²) < 4.78 is 10.3. The summed E-state index contributed by atoms with van der Waals surface area (Å²) in [5, 5.41) is 21.4. The van der Waals surface area contributed by atoms with Crippen LogP contribution in [0, 0.1) is 11.3 Å². The number of benzene rings is 3. The van der Waals surface area contributed by atoms with Crippen molar-refractivity contribution >= 4 is 29.5 Å². The average Bonchev–Trinajstić information content (AvgIpc) is 2.87. The molecule has 170 valence electrons. The molecule has 0 aliphatic carbocycles. The number of esters is 2. The predicted octanol–water partition coefficient (Wildman–Crippen LogP) is 3.03. The van der Waals surface area contributed by atoms with Crippen molar-refractivity contribution in [2.45, 2.75) is 12.2 Å². The van der Waals surface area contributed by atoms with Crippen molar-refractivity contribution in [2.75, 3.05) is 5.32 Å². The first kappa shape index (κ1) is 23.7. The van der Waals surface area contributed by atoms with Gasteiger partial charge in [0.25, 0.3) is 5.91 Å².